The number of nitrogens with two attached hydrogens (primary N) is 1. The number of unbranched alkanes of at least 4 members (excludes halogenated alkanes) is 1. The Morgan fingerprint density at radius 3 is 2.60 bits per heavy atom. The number of anilines is 1. The van der Waals surface area contributed by atoms with E-state index in [0.29, 0.717) is 47.8 Å². The number of rotatable bonds is 7. The molecule has 2 heterocycles. The second-order valence-electron chi connectivity index (χ2n) is 7.59. The first kappa shape index (κ1) is 22.0. The molecule has 0 saturated carbocycles. The van der Waals surface area contributed by atoms with E-state index in [4.69, 9.17) is 5.73 Å². The molecule has 0 aliphatic carbocycles. The standard InChI is InChI=1S/C22H28N4O3S/c1-3-4-9-18-24-14(2)19(30-18)21(28)25-17-8-6-5-7-16(17)22(29)26-12-10-15(11-13-26)20(23)27/h5-8,15H,3-4,9-13H2,1-2H3,(H2,23,27)(H,25,28). The molecule has 7 nitrogen and oxygen atoms in total. The van der Waals surface area contributed by atoms with E-state index in [1.54, 1.807) is 29.2 Å². The number of likely N-dealkylation sites (tertiary alicyclic amines) is 1. The van der Waals surface area contributed by atoms with Crippen LogP contribution < -0.4 is 11.1 Å². The molecule has 1 aromatic carbocycles. The molecule has 0 atom stereocenters. The second kappa shape index (κ2) is 9.84. The summed E-state index contributed by atoms with van der Waals surface area (Å²) >= 11 is 1.41. The summed E-state index contributed by atoms with van der Waals surface area (Å²) in [5, 5.41) is 3.85. The molecule has 1 aromatic heterocycles. The van der Waals surface area contributed by atoms with Crippen LogP contribution in [0.25, 0.3) is 0 Å². The topological polar surface area (TPSA) is 105 Å². The van der Waals surface area contributed by atoms with E-state index in [2.05, 4.69) is 17.2 Å². The SMILES string of the molecule is CCCCc1nc(C)c(C(=O)Nc2ccccc2C(=O)N2CCC(C(N)=O)CC2)s1. The Morgan fingerprint density at radius 1 is 1.23 bits per heavy atom. The molecule has 2 aromatic rings. The lowest BCUT2D eigenvalue weighted by atomic mass is 9.95. The van der Waals surface area contributed by atoms with E-state index in [-0.39, 0.29) is 23.6 Å². The first-order valence-electron chi connectivity index (χ1n) is 10.4. The third-order valence-corrected chi connectivity index (χ3v) is 6.60. The highest BCUT2D eigenvalue weighted by molar-refractivity contribution is 7.13. The molecule has 160 valence electrons. The second-order valence-corrected chi connectivity index (χ2v) is 8.68. The summed E-state index contributed by atoms with van der Waals surface area (Å²) in [7, 11) is 0. The van der Waals surface area contributed by atoms with Crippen LogP contribution in [0.3, 0.4) is 0 Å². The van der Waals surface area contributed by atoms with Gasteiger partial charge in [-0.1, -0.05) is 25.5 Å². The Hall–Kier alpha value is -2.74. The van der Waals surface area contributed by atoms with Gasteiger partial charge < -0.3 is 16.0 Å². The van der Waals surface area contributed by atoms with E-state index < -0.39 is 0 Å². The Kier molecular flexibility index (Phi) is 7.20. The summed E-state index contributed by atoms with van der Waals surface area (Å²) < 4.78 is 0. The van der Waals surface area contributed by atoms with Crippen molar-refractivity contribution in [3.05, 3.63) is 45.4 Å². The molecule has 1 aliphatic heterocycles. The average molecular weight is 429 g/mol. The third-order valence-electron chi connectivity index (χ3n) is 5.38. The molecule has 8 heteroatoms. The lowest BCUT2D eigenvalue weighted by molar-refractivity contribution is -0.123. The Morgan fingerprint density at radius 2 is 1.93 bits per heavy atom. The molecule has 1 fully saturated rings. The normalized spacial score (nSPS) is 14.5. The number of nitrogens with zero attached hydrogens (tertiary/aromatic N) is 2. The Bertz CT molecular complexity index is 932. The quantitative estimate of drug-likeness (QED) is 0.705. The van der Waals surface area contributed by atoms with Gasteiger partial charge in [-0.25, -0.2) is 4.98 Å². The van der Waals surface area contributed by atoms with Gasteiger partial charge in [0.2, 0.25) is 5.91 Å². The highest BCUT2D eigenvalue weighted by Gasteiger charge is 2.28. The first-order chi connectivity index (χ1) is 14.4. The van der Waals surface area contributed by atoms with Gasteiger partial charge in [-0.3, -0.25) is 14.4 Å². The molecule has 3 amide bonds. The lowest BCUT2D eigenvalue weighted by Gasteiger charge is -2.31. The number of piperidine rings is 1. The van der Waals surface area contributed by atoms with Gasteiger partial charge >= 0.3 is 0 Å². The smallest absolute Gasteiger partial charge is 0.267 e. The van der Waals surface area contributed by atoms with Crippen LogP contribution in [0, 0.1) is 12.8 Å². The molecule has 1 aliphatic rings. The van der Waals surface area contributed by atoms with Crippen molar-refractivity contribution < 1.29 is 14.4 Å². The predicted molar refractivity (Wildman–Crippen MR) is 118 cm³/mol. The number of thiazole rings is 1. The van der Waals surface area contributed by atoms with E-state index in [1.807, 2.05) is 6.92 Å². The Labute approximate surface area is 180 Å². The van der Waals surface area contributed by atoms with Crippen molar-refractivity contribution in [3.63, 3.8) is 0 Å². The molecular formula is C22H28N4O3S. The van der Waals surface area contributed by atoms with E-state index >= 15 is 0 Å². The number of hydrogen-bond acceptors (Lipinski definition) is 5. The molecule has 0 radical (unpaired) electrons. The molecule has 0 spiro atoms. The van der Waals surface area contributed by atoms with E-state index in [9.17, 15) is 14.4 Å². The molecule has 0 unspecified atom stereocenters. The minimum Gasteiger partial charge on any atom is -0.369 e. The maximum Gasteiger partial charge on any atom is 0.267 e. The summed E-state index contributed by atoms with van der Waals surface area (Å²) in [5.74, 6) is -0.896. The van der Waals surface area contributed by atoms with Crippen molar-refractivity contribution in [3.8, 4) is 0 Å². The maximum atomic E-state index is 13.1. The number of primary amides is 1. The van der Waals surface area contributed by atoms with Gasteiger partial charge in [0.25, 0.3) is 11.8 Å². The zero-order valence-corrected chi connectivity index (χ0v) is 18.3. The monoisotopic (exact) mass is 428 g/mol. The van der Waals surface area contributed by atoms with Gasteiger partial charge in [-0.15, -0.1) is 11.3 Å². The summed E-state index contributed by atoms with van der Waals surface area (Å²) in [4.78, 5) is 44.1. The van der Waals surface area contributed by atoms with Crippen molar-refractivity contribution in [2.75, 3.05) is 18.4 Å². The highest BCUT2D eigenvalue weighted by atomic mass is 32.1. The fourth-order valence-corrected chi connectivity index (χ4v) is 4.59. The molecule has 1 saturated heterocycles. The molecule has 3 rings (SSSR count). The number of amides is 3. The van der Waals surface area contributed by atoms with Crippen LogP contribution in [0.5, 0.6) is 0 Å². The van der Waals surface area contributed by atoms with Crippen LogP contribution in [-0.2, 0) is 11.2 Å². The molecule has 0 bridgehead atoms. The first-order valence-corrected chi connectivity index (χ1v) is 11.2. The van der Waals surface area contributed by atoms with Crippen LogP contribution in [0.4, 0.5) is 5.69 Å². The fourth-order valence-electron chi connectivity index (χ4n) is 3.59. The van der Waals surface area contributed by atoms with Crippen LogP contribution >= 0.6 is 11.3 Å². The number of benzene rings is 1. The summed E-state index contributed by atoms with van der Waals surface area (Å²) in [6.45, 7) is 4.91. The number of para-hydroxylation sites is 1. The lowest BCUT2D eigenvalue weighted by Crippen LogP contribution is -2.42. The van der Waals surface area contributed by atoms with Gasteiger partial charge in [0.05, 0.1) is 22.0 Å². The van der Waals surface area contributed by atoms with Crippen LogP contribution in [-0.4, -0.2) is 40.7 Å². The number of carbonyl (C=O) groups excluding carboxylic acids is 3. The van der Waals surface area contributed by atoms with E-state index in [0.717, 1.165) is 24.3 Å². The number of aryl methyl sites for hydroxylation is 2. The number of hydrogen-bond donors (Lipinski definition) is 2. The van der Waals surface area contributed by atoms with Crippen molar-refractivity contribution in [1.29, 1.82) is 0 Å². The number of nitrogens with one attached hydrogen (secondary N) is 1. The summed E-state index contributed by atoms with van der Waals surface area (Å²) in [6.07, 6.45) is 4.11. The minimum absolute atomic E-state index is 0.154. The van der Waals surface area contributed by atoms with Crippen LogP contribution in [0.2, 0.25) is 0 Å². The van der Waals surface area contributed by atoms with Gasteiger partial charge in [0.15, 0.2) is 0 Å². The van der Waals surface area contributed by atoms with Gasteiger partial charge in [-0.2, -0.15) is 0 Å². The average Bonchev–Trinajstić information content (AvgIpc) is 3.12. The minimum atomic E-state index is -0.312. The Balaban J connectivity index is 1.72. The molecule has 30 heavy (non-hydrogen) atoms. The molecule has 3 N–H and O–H groups in total. The van der Waals surface area contributed by atoms with Gasteiger partial charge in [0.1, 0.15) is 4.88 Å². The largest absolute Gasteiger partial charge is 0.369 e. The van der Waals surface area contributed by atoms with Gasteiger partial charge in [-0.05, 0) is 44.7 Å². The van der Waals surface area contributed by atoms with Crippen molar-refractivity contribution in [2.24, 2.45) is 11.7 Å². The van der Waals surface area contributed by atoms with Crippen molar-refractivity contribution >= 4 is 34.7 Å². The zero-order chi connectivity index (χ0) is 21.7. The summed E-state index contributed by atoms with van der Waals surface area (Å²) in [5.41, 5.74) is 7.01. The van der Waals surface area contributed by atoms with Crippen LogP contribution in [0.15, 0.2) is 24.3 Å². The van der Waals surface area contributed by atoms with Crippen molar-refractivity contribution in [2.45, 2.75) is 46.0 Å². The highest BCUT2D eigenvalue weighted by Crippen LogP contribution is 2.25. The predicted octanol–water partition coefficient (Wildman–Crippen LogP) is 3.38. The summed E-state index contributed by atoms with van der Waals surface area (Å²) in [6, 6.07) is 7.01. The van der Waals surface area contributed by atoms with Gasteiger partial charge in [0, 0.05) is 19.0 Å². The van der Waals surface area contributed by atoms with Crippen molar-refractivity contribution in [1.82, 2.24) is 9.88 Å². The van der Waals surface area contributed by atoms with E-state index in [1.165, 1.54) is 11.3 Å². The third kappa shape index (κ3) is 5.05. The number of aromatic nitrogens is 1. The maximum absolute atomic E-state index is 13.1. The fraction of sp³-hybridized carbons (Fsp3) is 0.455. The molecular weight excluding hydrogens is 400 g/mol. The number of carbonyl (C=O) groups is 3. The zero-order valence-electron chi connectivity index (χ0n) is 17.4. The van der Waals surface area contributed by atoms with Crippen LogP contribution in [0.1, 0.15) is 63.3 Å².